The second-order valence-electron chi connectivity index (χ2n) is 3.93. The van der Waals surface area contributed by atoms with Gasteiger partial charge < -0.3 is 5.11 Å². The number of aromatic nitrogens is 2. The molecule has 0 amide bonds. The van der Waals surface area contributed by atoms with Crippen LogP contribution in [0.4, 0.5) is 0 Å². The fourth-order valence-corrected chi connectivity index (χ4v) is 2.19. The molecule has 0 unspecified atom stereocenters. The van der Waals surface area contributed by atoms with Gasteiger partial charge in [-0.15, -0.1) is 11.3 Å². The fraction of sp³-hybridized carbons (Fsp3) is 0.250. The van der Waals surface area contributed by atoms with E-state index in [0.717, 1.165) is 4.88 Å². The van der Waals surface area contributed by atoms with Gasteiger partial charge in [0.1, 0.15) is 0 Å². The maximum absolute atomic E-state index is 11.0. The van der Waals surface area contributed by atoms with Gasteiger partial charge in [-0.2, -0.15) is 0 Å². The van der Waals surface area contributed by atoms with Crippen LogP contribution in [0.15, 0.2) is 23.7 Å². The summed E-state index contributed by atoms with van der Waals surface area (Å²) in [5.41, 5.74) is 0.760. The number of thiophene rings is 1. The van der Waals surface area contributed by atoms with Crippen LogP contribution in [-0.2, 0) is 0 Å². The molecule has 0 fully saturated rings. The molecule has 88 valence electrons. The van der Waals surface area contributed by atoms with Gasteiger partial charge in [-0.1, -0.05) is 19.9 Å². The lowest BCUT2D eigenvalue weighted by atomic mass is 10.1. The quantitative estimate of drug-likeness (QED) is 0.906. The number of nitrogens with zero attached hydrogens (tertiary/aromatic N) is 2. The van der Waals surface area contributed by atoms with Gasteiger partial charge in [0.05, 0.1) is 16.1 Å². The minimum atomic E-state index is -0.980. The van der Waals surface area contributed by atoms with E-state index < -0.39 is 5.97 Å². The zero-order valence-electron chi connectivity index (χ0n) is 9.54. The number of carboxylic acids is 1. The summed E-state index contributed by atoms with van der Waals surface area (Å²) in [7, 11) is 0. The maximum Gasteiger partial charge on any atom is 0.339 e. The lowest BCUT2D eigenvalue weighted by Crippen LogP contribution is -2.08. The zero-order valence-corrected chi connectivity index (χ0v) is 10.4. The summed E-state index contributed by atoms with van der Waals surface area (Å²) in [6.07, 6.45) is 1.39. The summed E-state index contributed by atoms with van der Waals surface area (Å²) in [5.74, 6) is -0.331. The highest BCUT2D eigenvalue weighted by Crippen LogP contribution is 2.24. The Kier molecular flexibility index (Phi) is 3.19. The SMILES string of the molecule is CC(C)c1nc(-c2cccs2)ncc1C(=O)O. The van der Waals surface area contributed by atoms with Gasteiger partial charge in [-0.3, -0.25) is 0 Å². The molecule has 1 N–H and O–H groups in total. The van der Waals surface area contributed by atoms with Crippen molar-refractivity contribution in [1.29, 1.82) is 0 Å². The number of carboxylic acid groups (broad SMARTS) is 1. The molecule has 0 radical (unpaired) electrons. The van der Waals surface area contributed by atoms with E-state index in [-0.39, 0.29) is 11.5 Å². The normalized spacial score (nSPS) is 10.8. The van der Waals surface area contributed by atoms with Crippen molar-refractivity contribution in [3.05, 3.63) is 35.0 Å². The second-order valence-corrected chi connectivity index (χ2v) is 4.88. The summed E-state index contributed by atoms with van der Waals surface area (Å²) in [6.45, 7) is 3.85. The third-order valence-corrected chi connectivity index (χ3v) is 3.20. The number of aromatic carboxylic acids is 1. The standard InChI is InChI=1S/C12H12N2O2S/c1-7(2)10-8(12(15)16)6-13-11(14-10)9-4-3-5-17-9/h3-7H,1-2H3,(H,15,16). The lowest BCUT2D eigenvalue weighted by Gasteiger charge is -2.09. The topological polar surface area (TPSA) is 63.1 Å². The molecule has 5 heteroatoms. The summed E-state index contributed by atoms with van der Waals surface area (Å²) < 4.78 is 0. The molecule has 0 aromatic carbocycles. The Morgan fingerprint density at radius 2 is 2.24 bits per heavy atom. The highest BCUT2D eigenvalue weighted by Gasteiger charge is 2.16. The fourth-order valence-electron chi connectivity index (χ4n) is 1.52. The van der Waals surface area contributed by atoms with E-state index in [9.17, 15) is 4.79 Å². The van der Waals surface area contributed by atoms with Gasteiger partial charge in [-0.25, -0.2) is 14.8 Å². The Hall–Kier alpha value is -1.75. The van der Waals surface area contributed by atoms with E-state index in [0.29, 0.717) is 11.5 Å². The van der Waals surface area contributed by atoms with E-state index in [1.165, 1.54) is 17.5 Å². The first kappa shape index (κ1) is 11.7. The summed E-state index contributed by atoms with van der Waals surface area (Å²) >= 11 is 1.54. The molecule has 0 atom stereocenters. The van der Waals surface area contributed by atoms with Gasteiger partial charge >= 0.3 is 5.97 Å². The first-order chi connectivity index (χ1) is 8.09. The van der Waals surface area contributed by atoms with Gasteiger partial charge in [0.15, 0.2) is 5.82 Å². The molecule has 17 heavy (non-hydrogen) atoms. The minimum absolute atomic E-state index is 0.0582. The highest BCUT2D eigenvalue weighted by atomic mass is 32.1. The Morgan fingerprint density at radius 1 is 1.47 bits per heavy atom. The molecule has 0 bridgehead atoms. The Morgan fingerprint density at radius 3 is 2.76 bits per heavy atom. The Bertz CT molecular complexity index is 535. The van der Waals surface area contributed by atoms with Gasteiger partial charge in [0.2, 0.25) is 0 Å². The lowest BCUT2D eigenvalue weighted by molar-refractivity contribution is 0.0694. The van der Waals surface area contributed by atoms with Crippen LogP contribution in [0.25, 0.3) is 10.7 Å². The number of hydrogen-bond donors (Lipinski definition) is 1. The molecule has 2 aromatic rings. The van der Waals surface area contributed by atoms with E-state index in [1.54, 1.807) is 0 Å². The average molecular weight is 248 g/mol. The molecule has 2 aromatic heterocycles. The predicted octanol–water partition coefficient (Wildman–Crippen LogP) is 3.03. The minimum Gasteiger partial charge on any atom is -0.478 e. The molecule has 0 aliphatic rings. The first-order valence-electron chi connectivity index (χ1n) is 5.23. The van der Waals surface area contributed by atoms with Crippen LogP contribution in [0.5, 0.6) is 0 Å². The van der Waals surface area contributed by atoms with Crippen LogP contribution < -0.4 is 0 Å². The number of rotatable bonds is 3. The summed E-state index contributed by atoms with van der Waals surface area (Å²) in [4.78, 5) is 20.5. The summed E-state index contributed by atoms with van der Waals surface area (Å²) in [5, 5.41) is 11.0. The smallest absolute Gasteiger partial charge is 0.339 e. The van der Waals surface area contributed by atoms with Crippen LogP contribution in [-0.4, -0.2) is 21.0 Å². The van der Waals surface area contributed by atoms with Crippen molar-refractivity contribution in [2.24, 2.45) is 0 Å². The van der Waals surface area contributed by atoms with E-state index in [2.05, 4.69) is 9.97 Å². The van der Waals surface area contributed by atoms with Crippen molar-refractivity contribution in [2.75, 3.05) is 0 Å². The third kappa shape index (κ3) is 2.34. The van der Waals surface area contributed by atoms with Crippen LogP contribution in [0.2, 0.25) is 0 Å². The number of hydrogen-bond acceptors (Lipinski definition) is 4. The third-order valence-electron chi connectivity index (χ3n) is 2.34. The monoisotopic (exact) mass is 248 g/mol. The van der Waals surface area contributed by atoms with Crippen molar-refractivity contribution in [2.45, 2.75) is 19.8 Å². The molecule has 2 heterocycles. The van der Waals surface area contributed by atoms with Crippen LogP contribution in [0.1, 0.15) is 35.8 Å². The van der Waals surface area contributed by atoms with E-state index in [4.69, 9.17) is 5.11 Å². The van der Waals surface area contributed by atoms with E-state index >= 15 is 0 Å². The molecule has 0 spiro atoms. The Labute approximate surface area is 103 Å². The average Bonchev–Trinajstić information content (AvgIpc) is 2.81. The molecule has 0 saturated carbocycles. The highest BCUT2D eigenvalue weighted by molar-refractivity contribution is 7.13. The summed E-state index contributed by atoms with van der Waals surface area (Å²) in [6, 6.07) is 3.84. The molecule has 2 rings (SSSR count). The largest absolute Gasteiger partial charge is 0.478 e. The molecular formula is C12H12N2O2S. The van der Waals surface area contributed by atoms with Crippen LogP contribution in [0.3, 0.4) is 0 Å². The van der Waals surface area contributed by atoms with Crippen LogP contribution in [0, 0.1) is 0 Å². The second kappa shape index (κ2) is 4.63. The van der Waals surface area contributed by atoms with Crippen molar-refractivity contribution in [3.63, 3.8) is 0 Å². The van der Waals surface area contributed by atoms with Crippen molar-refractivity contribution < 1.29 is 9.90 Å². The van der Waals surface area contributed by atoms with Gasteiger partial charge in [-0.05, 0) is 17.4 Å². The van der Waals surface area contributed by atoms with Gasteiger partial charge in [0.25, 0.3) is 0 Å². The molecule has 4 nitrogen and oxygen atoms in total. The van der Waals surface area contributed by atoms with Crippen molar-refractivity contribution >= 4 is 17.3 Å². The zero-order chi connectivity index (χ0) is 12.4. The van der Waals surface area contributed by atoms with Gasteiger partial charge in [0, 0.05) is 6.20 Å². The molecular weight excluding hydrogens is 236 g/mol. The maximum atomic E-state index is 11.0. The predicted molar refractivity (Wildman–Crippen MR) is 66.4 cm³/mol. The van der Waals surface area contributed by atoms with E-state index in [1.807, 2.05) is 31.4 Å². The molecule has 0 saturated heterocycles. The first-order valence-corrected chi connectivity index (χ1v) is 6.11. The van der Waals surface area contributed by atoms with Crippen molar-refractivity contribution in [1.82, 2.24) is 9.97 Å². The van der Waals surface area contributed by atoms with Crippen LogP contribution >= 0.6 is 11.3 Å². The Balaban J connectivity index is 2.53. The molecule has 0 aliphatic heterocycles. The number of carbonyl (C=O) groups is 1. The molecule has 0 aliphatic carbocycles. The van der Waals surface area contributed by atoms with Crippen molar-refractivity contribution in [3.8, 4) is 10.7 Å².